The molecule has 4 heterocycles. The van der Waals surface area contributed by atoms with Crippen LogP contribution in [0.1, 0.15) is 36.6 Å². The first kappa shape index (κ1) is 27.5. The summed E-state index contributed by atoms with van der Waals surface area (Å²) in [4.78, 5) is 42.0. The molecule has 2 aromatic rings. The molecule has 2 aliphatic heterocycles. The lowest BCUT2D eigenvalue weighted by Gasteiger charge is -2.24. The van der Waals surface area contributed by atoms with Crippen molar-refractivity contribution in [3.8, 4) is 0 Å². The average Bonchev–Trinajstić information content (AvgIpc) is 3.42. The van der Waals surface area contributed by atoms with Gasteiger partial charge in [0.1, 0.15) is 30.8 Å². The van der Waals surface area contributed by atoms with E-state index in [0.29, 0.717) is 5.69 Å². The van der Waals surface area contributed by atoms with Gasteiger partial charge in [-0.2, -0.15) is 4.98 Å². The molecule has 2 aromatic heterocycles. The highest BCUT2D eigenvalue weighted by atomic mass is 31.2. The zero-order valence-electron chi connectivity index (χ0n) is 20.4. The number of aryl methyl sites for hydroxylation is 2. The normalized spacial score (nSPS) is 29.4. The molecule has 0 radical (unpaired) electrons. The van der Waals surface area contributed by atoms with Gasteiger partial charge in [-0.05, 0) is 19.9 Å². The number of rotatable bonds is 9. The lowest BCUT2D eigenvalue weighted by atomic mass is 10.2. The number of nitrogens with zero attached hydrogens (tertiary/aromatic N) is 3. The van der Waals surface area contributed by atoms with E-state index in [4.69, 9.17) is 23.0 Å². The van der Waals surface area contributed by atoms with Crippen LogP contribution in [0.4, 0.5) is 0 Å². The predicted molar refractivity (Wildman–Crippen MR) is 125 cm³/mol. The Hall–Kier alpha value is -2.49. The van der Waals surface area contributed by atoms with Gasteiger partial charge in [-0.15, -0.1) is 0 Å². The summed E-state index contributed by atoms with van der Waals surface area (Å²) in [6.45, 7) is 2.29. The number of aliphatic hydroxyl groups is 2. The van der Waals surface area contributed by atoms with E-state index in [1.165, 1.54) is 23.9 Å². The molecule has 2 saturated heterocycles. The first-order valence-electron chi connectivity index (χ1n) is 11.5. The van der Waals surface area contributed by atoms with Crippen molar-refractivity contribution in [2.75, 3.05) is 20.3 Å². The van der Waals surface area contributed by atoms with Crippen LogP contribution in [0.3, 0.4) is 0 Å². The maximum atomic E-state index is 13.2. The van der Waals surface area contributed by atoms with Crippen molar-refractivity contribution >= 4 is 7.82 Å². The summed E-state index contributed by atoms with van der Waals surface area (Å²) < 4.78 is 42.9. The van der Waals surface area contributed by atoms with Crippen molar-refractivity contribution in [1.82, 2.24) is 19.1 Å². The van der Waals surface area contributed by atoms with Gasteiger partial charge in [0.25, 0.3) is 5.56 Å². The van der Waals surface area contributed by atoms with Gasteiger partial charge < -0.3 is 19.7 Å². The summed E-state index contributed by atoms with van der Waals surface area (Å²) in [5.41, 5.74) is -0.960. The van der Waals surface area contributed by atoms with Gasteiger partial charge in [0.2, 0.25) is 0 Å². The number of phosphoric acid groups is 1. The molecule has 15 nitrogen and oxygen atoms in total. The molecule has 37 heavy (non-hydrogen) atoms. The first-order chi connectivity index (χ1) is 17.5. The highest BCUT2D eigenvalue weighted by Crippen LogP contribution is 2.52. The lowest BCUT2D eigenvalue weighted by Crippen LogP contribution is -2.33. The van der Waals surface area contributed by atoms with E-state index in [0.717, 1.165) is 11.7 Å². The highest BCUT2D eigenvalue weighted by molar-refractivity contribution is 7.48. The summed E-state index contributed by atoms with van der Waals surface area (Å²) in [5, 5.41) is 20.2. The Labute approximate surface area is 210 Å². The molecule has 4 rings (SSSR count). The second kappa shape index (κ2) is 11.1. The number of hydrogen-bond acceptors (Lipinski definition) is 12. The topological polar surface area (TPSA) is 193 Å². The van der Waals surface area contributed by atoms with Gasteiger partial charge in [0.05, 0.1) is 19.3 Å². The number of aromatic nitrogens is 4. The minimum atomic E-state index is -4.23. The number of aliphatic hydroxyl groups excluding tert-OH is 2. The Balaban J connectivity index is 1.41. The van der Waals surface area contributed by atoms with Crippen molar-refractivity contribution in [2.45, 2.75) is 63.6 Å². The zero-order valence-corrected chi connectivity index (χ0v) is 21.3. The summed E-state index contributed by atoms with van der Waals surface area (Å²) in [7, 11) is -3.13. The Morgan fingerprint density at radius 3 is 2.54 bits per heavy atom. The van der Waals surface area contributed by atoms with Crippen LogP contribution >= 0.6 is 7.82 Å². The average molecular weight is 544 g/mol. The smallest absolute Gasteiger partial charge is 0.394 e. The lowest BCUT2D eigenvalue weighted by molar-refractivity contribution is -0.0588. The number of hydrogen-bond donors (Lipinski definition) is 3. The molecule has 1 unspecified atom stereocenters. The highest BCUT2D eigenvalue weighted by Gasteiger charge is 2.44. The summed E-state index contributed by atoms with van der Waals surface area (Å²) in [6.07, 6.45) is -2.79. The standard InChI is InChI=1S/C21H29N4O11P/c1-11-8-25(21(30)23-19(11)28)17-6-13(27)16(35-17)10-33-37(31,32-3)36-14-7-18(34-15(14)9-26)24-5-4-12(2)22-20(24)29/h4-5,8,13-18,26-27H,6-7,9-10H2,1-3H3,(H,23,28,30)/t13-,14-,15+,16+,17+,18+,37?/m0/s1. The second-order valence-corrected chi connectivity index (χ2v) is 10.5. The summed E-state index contributed by atoms with van der Waals surface area (Å²) in [6, 6.07) is 1.62. The van der Waals surface area contributed by atoms with Gasteiger partial charge in [0.15, 0.2) is 0 Å². The van der Waals surface area contributed by atoms with Crippen LogP contribution in [-0.4, -0.2) is 74.1 Å². The molecule has 0 spiro atoms. The van der Waals surface area contributed by atoms with Gasteiger partial charge in [-0.25, -0.2) is 14.2 Å². The zero-order chi connectivity index (χ0) is 26.9. The molecule has 0 bridgehead atoms. The van der Waals surface area contributed by atoms with Gasteiger partial charge in [-0.1, -0.05) is 0 Å². The molecule has 0 saturated carbocycles. The summed E-state index contributed by atoms with van der Waals surface area (Å²) in [5.74, 6) is 0. The minimum Gasteiger partial charge on any atom is -0.394 e. The largest absolute Gasteiger partial charge is 0.474 e. The Morgan fingerprint density at radius 1 is 1.16 bits per heavy atom. The van der Waals surface area contributed by atoms with E-state index in [1.54, 1.807) is 13.0 Å². The van der Waals surface area contributed by atoms with Crippen molar-refractivity contribution < 1.29 is 37.8 Å². The molecule has 0 aromatic carbocycles. The quantitative estimate of drug-likeness (QED) is 0.343. The molecule has 2 aliphatic rings. The maximum Gasteiger partial charge on any atom is 0.474 e. The van der Waals surface area contributed by atoms with Gasteiger partial charge >= 0.3 is 19.2 Å². The number of aromatic amines is 1. The van der Waals surface area contributed by atoms with Crippen molar-refractivity contribution in [1.29, 1.82) is 0 Å². The molecule has 0 amide bonds. The SMILES string of the molecule is COP(=O)(OC[C@H]1O[C@@H](n2cc(C)c(=O)[nH]c2=O)C[C@@H]1O)O[C@H]1C[C@H](n2ccc(C)nc2=O)O[C@@H]1CO. The summed E-state index contributed by atoms with van der Waals surface area (Å²) >= 11 is 0. The van der Waals surface area contributed by atoms with E-state index in [2.05, 4.69) is 9.97 Å². The van der Waals surface area contributed by atoms with Crippen LogP contribution < -0.4 is 16.9 Å². The first-order valence-corrected chi connectivity index (χ1v) is 13.0. The fraction of sp³-hybridized carbons (Fsp3) is 0.619. The van der Waals surface area contributed by atoms with Crippen LogP contribution in [0.15, 0.2) is 32.8 Å². The van der Waals surface area contributed by atoms with Crippen LogP contribution in [-0.2, 0) is 27.6 Å². The molecule has 204 valence electrons. The monoisotopic (exact) mass is 544 g/mol. The van der Waals surface area contributed by atoms with Crippen molar-refractivity contribution in [3.63, 3.8) is 0 Å². The number of phosphoric ester groups is 1. The fourth-order valence-corrected chi connectivity index (χ4v) is 5.29. The molecular weight excluding hydrogens is 515 g/mol. The second-order valence-electron chi connectivity index (χ2n) is 8.79. The molecule has 7 atom stereocenters. The fourth-order valence-electron chi connectivity index (χ4n) is 4.16. The Bertz CT molecular complexity index is 1340. The third-order valence-corrected chi connectivity index (χ3v) is 7.63. The van der Waals surface area contributed by atoms with Gasteiger partial charge in [-0.3, -0.25) is 32.5 Å². The van der Waals surface area contributed by atoms with Crippen molar-refractivity contribution in [3.05, 3.63) is 61.0 Å². The third-order valence-electron chi connectivity index (χ3n) is 6.19. The molecule has 3 N–H and O–H groups in total. The van der Waals surface area contributed by atoms with E-state index >= 15 is 0 Å². The predicted octanol–water partition coefficient (Wildman–Crippen LogP) is -0.505. The number of H-pyrrole nitrogens is 1. The minimum absolute atomic E-state index is 0.0155. The molecular formula is C21H29N4O11P. The van der Waals surface area contributed by atoms with Crippen LogP contribution in [0.2, 0.25) is 0 Å². The maximum absolute atomic E-state index is 13.2. The van der Waals surface area contributed by atoms with Crippen molar-refractivity contribution in [2.24, 2.45) is 0 Å². The Kier molecular flexibility index (Phi) is 8.26. The van der Waals surface area contributed by atoms with E-state index < -0.39 is 74.8 Å². The van der Waals surface area contributed by atoms with Crippen LogP contribution in [0, 0.1) is 13.8 Å². The molecule has 0 aliphatic carbocycles. The molecule has 16 heteroatoms. The molecule has 2 fully saturated rings. The van der Waals surface area contributed by atoms with Gasteiger partial charge in [0, 0.05) is 43.6 Å². The number of ether oxygens (including phenoxy) is 2. The van der Waals surface area contributed by atoms with E-state index in [9.17, 15) is 29.2 Å². The Morgan fingerprint density at radius 2 is 1.86 bits per heavy atom. The van der Waals surface area contributed by atoms with E-state index in [1.807, 2.05) is 0 Å². The van der Waals surface area contributed by atoms with Crippen LogP contribution in [0.5, 0.6) is 0 Å². The van der Waals surface area contributed by atoms with E-state index in [-0.39, 0.29) is 18.4 Å². The van der Waals surface area contributed by atoms with Crippen LogP contribution in [0.25, 0.3) is 0 Å². The third kappa shape index (κ3) is 5.99. The number of nitrogens with one attached hydrogen (secondary N) is 1.